The third-order valence-electron chi connectivity index (χ3n) is 4.67. The first kappa shape index (κ1) is 19.4. The van der Waals surface area contributed by atoms with Crippen LogP contribution in [0.15, 0.2) is 24.3 Å². The van der Waals surface area contributed by atoms with Gasteiger partial charge in [0, 0.05) is 37.7 Å². The smallest absolute Gasteiger partial charge is 0.265 e. The van der Waals surface area contributed by atoms with E-state index < -0.39 is 0 Å². The highest BCUT2D eigenvalue weighted by Gasteiger charge is 2.28. The molecule has 2 aromatic rings. The van der Waals surface area contributed by atoms with Crippen LogP contribution in [0.25, 0.3) is 0 Å². The molecular formula is C20H25N3O3S. The number of aromatic nitrogens is 1. The molecule has 0 atom stereocenters. The lowest BCUT2D eigenvalue weighted by molar-refractivity contribution is 0.0537. The van der Waals surface area contributed by atoms with Gasteiger partial charge in [0.15, 0.2) is 0 Å². The molecule has 1 aliphatic heterocycles. The molecule has 27 heavy (non-hydrogen) atoms. The molecule has 0 spiro atoms. The van der Waals surface area contributed by atoms with E-state index >= 15 is 0 Å². The molecular weight excluding hydrogens is 362 g/mol. The number of thiazole rings is 1. The molecule has 0 unspecified atom stereocenters. The Labute approximate surface area is 163 Å². The Morgan fingerprint density at radius 1 is 1.11 bits per heavy atom. The number of hydrogen-bond donors (Lipinski definition) is 0. The van der Waals surface area contributed by atoms with Crippen LogP contribution in [0.3, 0.4) is 0 Å². The minimum Gasteiger partial charge on any atom is -0.497 e. The fourth-order valence-electron chi connectivity index (χ4n) is 3.06. The van der Waals surface area contributed by atoms with Crippen LogP contribution < -0.4 is 4.74 Å². The minimum absolute atomic E-state index is 0.0189. The summed E-state index contributed by atoms with van der Waals surface area (Å²) in [6, 6.07) is 7.16. The Kier molecular flexibility index (Phi) is 5.79. The summed E-state index contributed by atoms with van der Waals surface area (Å²) < 4.78 is 5.19. The van der Waals surface area contributed by atoms with E-state index in [2.05, 4.69) is 18.8 Å². The van der Waals surface area contributed by atoms with E-state index in [1.807, 2.05) is 24.0 Å². The average molecular weight is 388 g/mol. The van der Waals surface area contributed by atoms with E-state index in [-0.39, 0.29) is 11.8 Å². The summed E-state index contributed by atoms with van der Waals surface area (Å²) in [5.41, 5.74) is 1.40. The first-order valence-corrected chi connectivity index (χ1v) is 9.92. The summed E-state index contributed by atoms with van der Waals surface area (Å²) in [7, 11) is 1.58. The lowest BCUT2D eigenvalue weighted by Gasteiger charge is -2.34. The van der Waals surface area contributed by atoms with Crippen LogP contribution in [-0.4, -0.2) is 59.9 Å². The van der Waals surface area contributed by atoms with Crippen LogP contribution in [-0.2, 0) is 0 Å². The molecule has 1 fully saturated rings. The van der Waals surface area contributed by atoms with Gasteiger partial charge in [0.2, 0.25) is 0 Å². The molecule has 0 N–H and O–H groups in total. The molecule has 6 nitrogen and oxygen atoms in total. The van der Waals surface area contributed by atoms with Gasteiger partial charge in [-0.1, -0.05) is 19.9 Å². The molecule has 3 rings (SSSR count). The number of hydrogen-bond acceptors (Lipinski definition) is 5. The van der Waals surface area contributed by atoms with Crippen molar-refractivity contribution in [1.82, 2.24) is 14.8 Å². The monoisotopic (exact) mass is 387 g/mol. The predicted octanol–water partition coefficient (Wildman–Crippen LogP) is 3.18. The zero-order valence-electron chi connectivity index (χ0n) is 16.2. The van der Waals surface area contributed by atoms with E-state index in [9.17, 15) is 9.59 Å². The lowest BCUT2D eigenvalue weighted by atomic mass is 10.1. The average Bonchev–Trinajstić information content (AvgIpc) is 3.09. The van der Waals surface area contributed by atoms with Gasteiger partial charge in [0.05, 0.1) is 17.8 Å². The Morgan fingerprint density at radius 2 is 1.74 bits per heavy atom. The molecule has 2 amide bonds. The first-order chi connectivity index (χ1) is 12.9. The normalized spacial score (nSPS) is 14.6. The third kappa shape index (κ3) is 4.13. The minimum atomic E-state index is -0.0305. The van der Waals surface area contributed by atoms with Crippen LogP contribution in [0.2, 0.25) is 0 Å². The van der Waals surface area contributed by atoms with Gasteiger partial charge in [-0.15, -0.1) is 11.3 Å². The molecule has 0 radical (unpaired) electrons. The van der Waals surface area contributed by atoms with Crippen molar-refractivity contribution in [2.24, 2.45) is 0 Å². The standard InChI is InChI=1S/C20H25N3O3S/c1-13(2)18-21-14(3)17(27-18)20(25)23-10-8-22(9-11-23)19(24)15-6-5-7-16(12-15)26-4/h5-7,12-13H,8-11H2,1-4H3. The van der Waals surface area contributed by atoms with Crippen molar-refractivity contribution in [2.75, 3.05) is 33.3 Å². The quantitative estimate of drug-likeness (QED) is 0.808. The number of piperazine rings is 1. The van der Waals surface area contributed by atoms with E-state index in [0.29, 0.717) is 48.3 Å². The third-order valence-corrected chi connectivity index (χ3v) is 6.12. The summed E-state index contributed by atoms with van der Waals surface area (Å²) >= 11 is 1.48. The summed E-state index contributed by atoms with van der Waals surface area (Å²) in [6.45, 7) is 8.16. The number of carbonyl (C=O) groups is 2. The largest absolute Gasteiger partial charge is 0.497 e. The summed E-state index contributed by atoms with van der Waals surface area (Å²) in [5.74, 6) is 0.964. The number of methoxy groups -OCH3 is 1. The maximum Gasteiger partial charge on any atom is 0.265 e. The molecule has 1 aliphatic rings. The van der Waals surface area contributed by atoms with E-state index in [1.165, 1.54) is 11.3 Å². The molecule has 0 saturated carbocycles. The molecule has 1 saturated heterocycles. The molecule has 144 valence electrons. The zero-order chi connectivity index (χ0) is 19.6. The van der Waals surface area contributed by atoms with Crippen LogP contribution in [0.4, 0.5) is 0 Å². The highest BCUT2D eigenvalue weighted by Crippen LogP contribution is 2.26. The molecule has 2 heterocycles. The second-order valence-electron chi connectivity index (χ2n) is 6.94. The van der Waals surface area contributed by atoms with Crippen molar-refractivity contribution >= 4 is 23.2 Å². The molecule has 1 aromatic heterocycles. The van der Waals surface area contributed by atoms with Gasteiger partial charge in [-0.2, -0.15) is 0 Å². The van der Waals surface area contributed by atoms with E-state index in [0.717, 1.165) is 10.7 Å². The Balaban J connectivity index is 1.64. The van der Waals surface area contributed by atoms with Crippen LogP contribution in [0.5, 0.6) is 5.75 Å². The van der Waals surface area contributed by atoms with E-state index in [4.69, 9.17) is 4.74 Å². The summed E-state index contributed by atoms with van der Waals surface area (Å²) in [6.07, 6.45) is 0. The van der Waals surface area contributed by atoms with Gasteiger partial charge in [-0.3, -0.25) is 9.59 Å². The van der Waals surface area contributed by atoms with Gasteiger partial charge in [0.1, 0.15) is 10.6 Å². The van der Waals surface area contributed by atoms with Crippen molar-refractivity contribution in [3.05, 3.63) is 45.4 Å². The molecule has 0 aliphatic carbocycles. The molecule has 1 aromatic carbocycles. The number of rotatable bonds is 4. The second-order valence-corrected chi connectivity index (χ2v) is 7.97. The highest BCUT2D eigenvalue weighted by molar-refractivity contribution is 7.13. The van der Waals surface area contributed by atoms with Crippen molar-refractivity contribution in [3.63, 3.8) is 0 Å². The Morgan fingerprint density at radius 3 is 2.30 bits per heavy atom. The Bertz CT molecular complexity index is 839. The van der Waals surface area contributed by atoms with E-state index in [1.54, 1.807) is 24.1 Å². The number of aryl methyl sites for hydroxylation is 1. The topological polar surface area (TPSA) is 62.7 Å². The van der Waals surface area contributed by atoms with Crippen molar-refractivity contribution in [2.45, 2.75) is 26.7 Å². The first-order valence-electron chi connectivity index (χ1n) is 9.10. The number of ether oxygens (including phenoxy) is 1. The fraction of sp³-hybridized carbons (Fsp3) is 0.450. The van der Waals surface area contributed by atoms with Crippen LogP contribution in [0.1, 0.15) is 50.5 Å². The summed E-state index contributed by atoms with van der Waals surface area (Å²) in [4.78, 5) is 34.4. The SMILES string of the molecule is COc1cccc(C(=O)N2CCN(C(=O)c3sc(C(C)C)nc3C)CC2)c1. The van der Waals surface area contributed by atoms with Gasteiger partial charge in [-0.05, 0) is 25.1 Å². The number of nitrogens with zero attached hydrogens (tertiary/aromatic N) is 3. The lowest BCUT2D eigenvalue weighted by Crippen LogP contribution is -2.50. The number of carbonyl (C=O) groups excluding carboxylic acids is 2. The number of amides is 2. The van der Waals surface area contributed by atoms with Crippen LogP contribution in [0, 0.1) is 6.92 Å². The molecule has 7 heteroatoms. The van der Waals surface area contributed by atoms with Crippen molar-refractivity contribution in [3.8, 4) is 5.75 Å². The van der Waals surface area contributed by atoms with Crippen molar-refractivity contribution < 1.29 is 14.3 Å². The van der Waals surface area contributed by atoms with Crippen molar-refractivity contribution in [1.29, 1.82) is 0 Å². The maximum absolute atomic E-state index is 12.9. The van der Waals surface area contributed by atoms with Gasteiger partial charge >= 0.3 is 0 Å². The summed E-state index contributed by atoms with van der Waals surface area (Å²) in [5, 5.41) is 0.989. The highest BCUT2D eigenvalue weighted by atomic mass is 32.1. The zero-order valence-corrected chi connectivity index (χ0v) is 17.0. The number of benzene rings is 1. The van der Waals surface area contributed by atoms with Gasteiger partial charge in [-0.25, -0.2) is 4.98 Å². The van der Waals surface area contributed by atoms with Gasteiger partial charge < -0.3 is 14.5 Å². The second kappa shape index (κ2) is 8.08. The fourth-order valence-corrected chi connectivity index (χ4v) is 4.09. The van der Waals surface area contributed by atoms with Crippen LogP contribution >= 0.6 is 11.3 Å². The maximum atomic E-state index is 12.9. The Hall–Kier alpha value is -2.41. The molecule has 0 bridgehead atoms. The van der Waals surface area contributed by atoms with Gasteiger partial charge in [0.25, 0.3) is 11.8 Å². The predicted molar refractivity (Wildman–Crippen MR) is 106 cm³/mol.